The molecule has 108 valence electrons. The van der Waals surface area contributed by atoms with E-state index < -0.39 is 18.1 Å². The lowest BCUT2D eigenvalue weighted by atomic mass is 10.1. The number of carbonyl (C=O) groups excluding carboxylic acids is 2. The zero-order valence-corrected chi connectivity index (χ0v) is 11.0. The van der Waals surface area contributed by atoms with Crippen molar-refractivity contribution in [1.29, 1.82) is 0 Å². The molecule has 1 aromatic carbocycles. The minimum atomic E-state index is -1.14. The van der Waals surface area contributed by atoms with Gasteiger partial charge in [-0.25, -0.2) is 0 Å². The first kappa shape index (κ1) is 15.8. The molecule has 4 N–H and O–H groups in total. The lowest BCUT2D eigenvalue weighted by Gasteiger charge is -2.13. The van der Waals surface area contributed by atoms with E-state index in [9.17, 15) is 14.4 Å². The van der Waals surface area contributed by atoms with Gasteiger partial charge >= 0.3 is 5.97 Å². The van der Waals surface area contributed by atoms with Crippen LogP contribution in [0.1, 0.15) is 18.4 Å². The number of amides is 1. The van der Waals surface area contributed by atoms with Gasteiger partial charge in [0.2, 0.25) is 5.91 Å². The molecule has 1 amide bonds. The van der Waals surface area contributed by atoms with Crippen LogP contribution in [0.3, 0.4) is 0 Å². The van der Waals surface area contributed by atoms with Crippen molar-refractivity contribution >= 4 is 18.2 Å². The summed E-state index contributed by atoms with van der Waals surface area (Å²) in [5.74, 6) is -1.52. The van der Waals surface area contributed by atoms with Crippen molar-refractivity contribution in [1.82, 2.24) is 5.32 Å². The summed E-state index contributed by atoms with van der Waals surface area (Å²) in [4.78, 5) is 33.1. The van der Waals surface area contributed by atoms with Crippen LogP contribution in [0.5, 0.6) is 0 Å². The quantitative estimate of drug-likeness (QED) is 0.584. The van der Waals surface area contributed by atoms with E-state index in [2.05, 4.69) is 5.32 Å². The summed E-state index contributed by atoms with van der Waals surface area (Å²) in [6, 6.07) is 7.61. The highest BCUT2D eigenvalue weighted by Crippen LogP contribution is 2.03. The van der Waals surface area contributed by atoms with Gasteiger partial charge in [0.05, 0.1) is 6.04 Å². The predicted molar refractivity (Wildman–Crippen MR) is 73.0 cm³/mol. The van der Waals surface area contributed by atoms with Crippen LogP contribution in [0.2, 0.25) is 0 Å². The maximum absolute atomic E-state index is 11.6. The highest BCUT2D eigenvalue weighted by atomic mass is 16.4. The molecule has 0 saturated heterocycles. The number of benzene rings is 1. The number of aliphatic carboxylic acids is 1. The first-order chi connectivity index (χ1) is 9.52. The van der Waals surface area contributed by atoms with Gasteiger partial charge in [-0.15, -0.1) is 0 Å². The summed E-state index contributed by atoms with van der Waals surface area (Å²) in [6.45, 7) is 0. The number of rotatable bonds is 8. The second kappa shape index (κ2) is 8.06. The van der Waals surface area contributed by atoms with Crippen LogP contribution in [-0.4, -0.2) is 35.4 Å². The van der Waals surface area contributed by atoms with Gasteiger partial charge in [0.1, 0.15) is 12.3 Å². The standard InChI is InChI=1S/C14H18N2O4/c15-12(14(19)20)6-7-13(18)16-11(9-17)8-10-4-2-1-3-5-10/h1-5,9,11-12H,6-8,15H2,(H,16,18)(H,19,20)/t11-,12-/m0/s1. The van der Waals surface area contributed by atoms with Gasteiger partial charge in [0.15, 0.2) is 0 Å². The smallest absolute Gasteiger partial charge is 0.320 e. The summed E-state index contributed by atoms with van der Waals surface area (Å²) in [5, 5.41) is 11.2. The third-order valence-corrected chi connectivity index (χ3v) is 2.81. The molecule has 20 heavy (non-hydrogen) atoms. The number of carboxylic acids is 1. The number of nitrogens with one attached hydrogen (secondary N) is 1. The van der Waals surface area contributed by atoms with Crippen LogP contribution in [0.25, 0.3) is 0 Å². The van der Waals surface area contributed by atoms with Crippen molar-refractivity contribution in [3.63, 3.8) is 0 Å². The van der Waals surface area contributed by atoms with Crippen molar-refractivity contribution in [3.8, 4) is 0 Å². The Bertz CT molecular complexity index is 462. The fourth-order valence-corrected chi connectivity index (χ4v) is 1.69. The van der Waals surface area contributed by atoms with Gasteiger partial charge in [-0.3, -0.25) is 9.59 Å². The molecule has 0 aliphatic heterocycles. The third-order valence-electron chi connectivity index (χ3n) is 2.81. The Hall–Kier alpha value is -2.21. The van der Waals surface area contributed by atoms with E-state index >= 15 is 0 Å². The number of carbonyl (C=O) groups is 3. The molecule has 0 aliphatic carbocycles. The SMILES string of the molecule is N[C@@H](CCC(=O)N[C@H](C=O)Cc1ccccc1)C(=O)O. The molecule has 0 fully saturated rings. The molecule has 6 heteroatoms. The number of carboxylic acid groups (broad SMARTS) is 1. The van der Waals surface area contributed by atoms with Crippen LogP contribution < -0.4 is 11.1 Å². The number of hydrogen-bond acceptors (Lipinski definition) is 4. The predicted octanol–water partition coefficient (Wildman–Crippen LogP) is 0.105. The lowest BCUT2D eigenvalue weighted by Crippen LogP contribution is -2.39. The van der Waals surface area contributed by atoms with Crippen LogP contribution in [0.4, 0.5) is 0 Å². The van der Waals surface area contributed by atoms with Gasteiger partial charge in [0, 0.05) is 6.42 Å². The molecule has 1 rings (SSSR count). The van der Waals surface area contributed by atoms with Crippen LogP contribution in [0.15, 0.2) is 30.3 Å². The van der Waals surface area contributed by atoms with Gasteiger partial charge in [-0.1, -0.05) is 30.3 Å². The molecule has 0 saturated carbocycles. The maximum Gasteiger partial charge on any atom is 0.320 e. The molecule has 2 atom stereocenters. The van der Waals surface area contributed by atoms with E-state index in [-0.39, 0.29) is 18.7 Å². The Morgan fingerprint density at radius 2 is 1.95 bits per heavy atom. The molecule has 0 unspecified atom stereocenters. The van der Waals surface area contributed by atoms with Crippen LogP contribution in [-0.2, 0) is 20.8 Å². The third kappa shape index (κ3) is 5.62. The number of hydrogen-bond donors (Lipinski definition) is 3. The average molecular weight is 278 g/mol. The molecular formula is C14H18N2O4. The number of nitrogens with two attached hydrogens (primary N) is 1. The van der Waals surface area contributed by atoms with E-state index in [1.165, 1.54) is 0 Å². The first-order valence-corrected chi connectivity index (χ1v) is 6.30. The van der Waals surface area contributed by atoms with E-state index in [0.717, 1.165) is 5.56 Å². The molecule has 6 nitrogen and oxygen atoms in total. The highest BCUT2D eigenvalue weighted by Gasteiger charge is 2.16. The molecule has 0 radical (unpaired) electrons. The van der Waals surface area contributed by atoms with E-state index in [1.54, 1.807) is 0 Å². The Balaban J connectivity index is 2.42. The second-order valence-electron chi connectivity index (χ2n) is 4.48. The fraction of sp³-hybridized carbons (Fsp3) is 0.357. The Labute approximate surface area is 117 Å². The van der Waals surface area contributed by atoms with Crippen molar-refractivity contribution < 1.29 is 19.5 Å². The van der Waals surface area contributed by atoms with E-state index in [4.69, 9.17) is 10.8 Å². The summed E-state index contributed by atoms with van der Waals surface area (Å²) in [7, 11) is 0. The molecule has 0 aromatic heterocycles. The van der Waals surface area contributed by atoms with E-state index in [1.807, 2.05) is 30.3 Å². The Morgan fingerprint density at radius 3 is 2.50 bits per heavy atom. The normalized spacial score (nSPS) is 13.2. The Morgan fingerprint density at radius 1 is 1.30 bits per heavy atom. The van der Waals surface area contributed by atoms with E-state index in [0.29, 0.717) is 12.7 Å². The summed E-state index contributed by atoms with van der Waals surface area (Å²) in [6.07, 6.45) is 1.09. The molecular weight excluding hydrogens is 260 g/mol. The zero-order valence-electron chi connectivity index (χ0n) is 11.0. The monoisotopic (exact) mass is 278 g/mol. The minimum Gasteiger partial charge on any atom is -0.480 e. The zero-order chi connectivity index (χ0) is 15.0. The lowest BCUT2D eigenvalue weighted by molar-refractivity contribution is -0.138. The largest absolute Gasteiger partial charge is 0.480 e. The molecule has 0 heterocycles. The fourth-order valence-electron chi connectivity index (χ4n) is 1.69. The summed E-state index contributed by atoms with van der Waals surface area (Å²) >= 11 is 0. The minimum absolute atomic E-state index is 0.0212. The van der Waals surface area contributed by atoms with Crippen LogP contribution >= 0.6 is 0 Å². The van der Waals surface area contributed by atoms with Gasteiger partial charge in [-0.2, -0.15) is 0 Å². The van der Waals surface area contributed by atoms with Crippen molar-refractivity contribution in [2.45, 2.75) is 31.3 Å². The van der Waals surface area contributed by atoms with Crippen molar-refractivity contribution in [2.24, 2.45) is 5.73 Å². The van der Waals surface area contributed by atoms with Crippen molar-refractivity contribution in [2.75, 3.05) is 0 Å². The van der Waals surface area contributed by atoms with Gasteiger partial charge < -0.3 is 21.0 Å². The maximum atomic E-state index is 11.6. The van der Waals surface area contributed by atoms with Crippen LogP contribution in [0, 0.1) is 0 Å². The van der Waals surface area contributed by atoms with Gasteiger partial charge in [-0.05, 0) is 18.4 Å². The average Bonchev–Trinajstić information content (AvgIpc) is 2.44. The van der Waals surface area contributed by atoms with Gasteiger partial charge in [0.25, 0.3) is 0 Å². The number of aldehydes is 1. The molecule has 1 aromatic rings. The van der Waals surface area contributed by atoms with Crippen molar-refractivity contribution in [3.05, 3.63) is 35.9 Å². The highest BCUT2D eigenvalue weighted by molar-refractivity contribution is 5.81. The summed E-state index contributed by atoms with van der Waals surface area (Å²) < 4.78 is 0. The Kier molecular flexibility index (Phi) is 6.39. The molecule has 0 bridgehead atoms. The molecule has 0 aliphatic rings. The summed E-state index contributed by atoms with van der Waals surface area (Å²) in [5.41, 5.74) is 6.24. The first-order valence-electron chi connectivity index (χ1n) is 6.30. The topological polar surface area (TPSA) is 109 Å². The second-order valence-corrected chi connectivity index (χ2v) is 4.48. The molecule has 0 spiro atoms.